The van der Waals surface area contributed by atoms with Crippen LogP contribution in [0.1, 0.15) is 265 Å². The van der Waals surface area contributed by atoms with Crippen molar-refractivity contribution in [1.29, 1.82) is 0 Å². The Morgan fingerprint density at radius 3 is 1.17 bits per heavy atom. The summed E-state index contributed by atoms with van der Waals surface area (Å²) in [4.78, 5) is 25.4. The first-order chi connectivity index (χ1) is 31.6. The summed E-state index contributed by atoms with van der Waals surface area (Å²) < 4.78 is 17.4. The first kappa shape index (κ1) is 61.3. The van der Waals surface area contributed by atoms with Crippen LogP contribution in [0.4, 0.5) is 0 Å². The quantitative estimate of drug-likeness (QED) is 0.0346. The summed E-state index contributed by atoms with van der Waals surface area (Å²) in [6.07, 6.45) is 70.6. The lowest BCUT2D eigenvalue weighted by Crippen LogP contribution is -2.30. The van der Waals surface area contributed by atoms with Gasteiger partial charge in [-0.05, 0) is 83.5 Å². The van der Waals surface area contributed by atoms with Gasteiger partial charge in [0.1, 0.15) is 6.61 Å². The third-order valence-corrected chi connectivity index (χ3v) is 11.7. The van der Waals surface area contributed by atoms with Gasteiger partial charge >= 0.3 is 11.9 Å². The van der Waals surface area contributed by atoms with Gasteiger partial charge in [-0.3, -0.25) is 9.59 Å². The van der Waals surface area contributed by atoms with Crippen LogP contribution in [0.3, 0.4) is 0 Å². The molecule has 0 N–H and O–H groups in total. The van der Waals surface area contributed by atoms with Crippen molar-refractivity contribution < 1.29 is 23.8 Å². The average Bonchev–Trinajstić information content (AvgIpc) is 3.30. The molecule has 1 atom stereocenters. The topological polar surface area (TPSA) is 61.8 Å². The van der Waals surface area contributed by atoms with E-state index in [2.05, 4.69) is 93.7 Å². The van der Waals surface area contributed by atoms with Gasteiger partial charge in [0.2, 0.25) is 0 Å². The molecule has 0 aromatic carbocycles. The van der Waals surface area contributed by atoms with E-state index in [4.69, 9.17) is 14.2 Å². The van der Waals surface area contributed by atoms with Crippen LogP contribution < -0.4 is 0 Å². The van der Waals surface area contributed by atoms with Crippen LogP contribution in [0.5, 0.6) is 0 Å². The summed E-state index contributed by atoms with van der Waals surface area (Å²) in [5.74, 6) is -0.470. The van der Waals surface area contributed by atoms with Crippen molar-refractivity contribution in [2.45, 2.75) is 271 Å². The maximum atomic E-state index is 12.8. The highest BCUT2D eigenvalue weighted by molar-refractivity contribution is 5.70. The highest BCUT2D eigenvalue weighted by atomic mass is 16.6. The van der Waals surface area contributed by atoms with Gasteiger partial charge < -0.3 is 14.2 Å². The molecule has 0 unspecified atom stereocenters. The largest absolute Gasteiger partial charge is 0.462 e. The van der Waals surface area contributed by atoms with Crippen LogP contribution in [-0.2, 0) is 23.8 Å². The lowest BCUT2D eigenvalue weighted by molar-refractivity contribution is -0.163. The van der Waals surface area contributed by atoms with Crippen molar-refractivity contribution >= 4 is 11.9 Å². The smallest absolute Gasteiger partial charge is 0.306 e. The number of ether oxygens (including phenoxy) is 3. The van der Waals surface area contributed by atoms with Gasteiger partial charge in [-0.2, -0.15) is 0 Å². The first-order valence-electron chi connectivity index (χ1n) is 27.5. The van der Waals surface area contributed by atoms with Crippen LogP contribution in [0, 0.1) is 0 Å². The molecule has 0 rings (SSSR count). The van der Waals surface area contributed by atoms with Crippen molar-refractivity contribution in [1.82, 2.24) is 0 Å². The minimum absolute atomic E-state index is 0.0524. The highest BCUT2D eigenvalue weighted by Gasteiger charge is 2.17. The predicted octanol–water partition coefficient (Wildman–Crippen LogP) is 18.7. The van der Waals surface area contributed by atoms with E-state index in [0.29, 0.717) is 19.4 Å². The average molecular weight is 893 g/mol. The van der Waals surface area contributed by atoms with Crippen molar-refractivity contribution in [3.05, 3.63) is 72.9 Å². The van der Waals surface area contributed by atoms with Crippen molar-refractivity contribution in [3.8, 4) is 0 Å². The van der Waals surface area contributed by atoms with E-state index in [1.165, 1.54) is 148 Å². The molecule has 0 bridgehead atoms. The van der Waals surface area contributed by atoms with Gasteiger partial charge in [0, 0.05) is 19.4 Å². The number of carbonyl (C=O) groups excluding carboxylic acids is 2. The van der Waals surface area contributed by atoms with E-state index in [-0.39, 0.29) is 25.2 Å². The summed E-state index contributed by atoms with van der Waals surface area (Å²) in [5, 5.41) is 0. The molecule has 0 aliphatic heterocycles. The molecule has 0 aliphatic rings. The number of hydrogen-bond donors (Lipinski definition) is 0. The summed E-state index contributed by atoms with van der Waals surface area (Å²) in [6.45, 7) is 7.67. The minimum Gasteiger partial charge on any atom is -0.462 e. The fourth-order valence-corrected chi connectivity index (χ4v) is 7.66. The molecule has 0 heterocycles. The van der Waals surface area contributed by atoms with Crippen LogP contribution in [0.2, 0.25) is 0 Å². The summed E-state index contributed by atoms with van der Waals surface area (Å²) in [6, 6.07) is 0. The molecule has 0 saturated heterocycles. The van der Waals surface area contributed by atoms with Gasteiger partial charge in [-0.15, -0.1) is 0 Å². The zero-order chi connectivity index (χ0) is 46.3. The number of hydrogen-bond acceptors (Lipinski definition) is 5. The standard InChI is InChI=1S/C59H104O5/c1-4-7-10-13-16-19-22-25-28-30-32-34-37-40-43-46-49-52-58(60)63-56-57(55-62-54-51-48-45-42-39-36-33-29-26-23-20-17-14-11-8-5-2)64-59(61)53-50-47-44-41-38-35-31-27-24-21-18-15-12-9-6-3/h9,12,18,21,25,27-28,31-32,34,40,43,57H,4-8,10-11,13-17,19-20,22-24,26,29-30,33,35-39,41-42,44-56H2,1-3H3/b12-9-,21-18-,28-25-,31-27-,34-32-,43-40-/t57-/m1/s1. The zero-order valence-corrected chi connectivity index (χ0v) is 42.5. The Kier molecular flexibility index (Phi) is 52.4. The van der Waals surface area contributed by atoms with E-state index in [9.17, 15) is 9.59 Å². The van der Waals surface area contributed by atoms with E-state index in [0.717, 1.165) is 83.5 Å². The highest BCUT2D eigenvalue weighted by Crippen LogP contribution is 2.15. The second-order valence-corrected chi connectivity index (χ2v) is 18.1. The maximum absolute atomic E-state index is 12.8. The Balaban J connectivity index is 4.36. The van der Waals surface area contributed by atoms with Gasteiger partial charge in [-0.1, -0.05) is 241 Å². The van der Waals surface area contributed by atoms with E-state index >= 15 is 0 Å². The Bertz CT molecular complexity index is 1150. The van der Waals surface area contributed by atoms with Gasteiger partial charge in [0.15, 0.2) is 6.10 Å². The van der Waals surface area contributed by atoms with Crippen molar-refractivity contribution in [2.24, 2.45) is 0 Å². The fourth-order valence-electron chi connectivity index (χ4n) is 7.66. The molecule has 370 valence electrons. The summed E-state index contributed by atoms with van der Waals surface area (Å²) in [5.41, 5.74) is 0. The lowest BCUT2D eigenvalue weighted by atomic mass is 10.0. The molecule has 0 radical (unpaired) electrons. The molecule has 0 fully saturated rings. The van der Waals surface area contributed by atoms with Gasteiger partial charge in [-0.25, -0.2) is 0 Å². The Morgan fingerprint density at radius 2 is 0.719 bits per heavy atom. The van der Waals surface area contributed by atoms with E-state index in [1.807, 2.05) is 0 Å². The molecule has 0 aromatic heterocycles. The summed E-state index contributed by atoms with van der Waals surface area (Å²) in [7, 11) is 0. The molecule has 0 saturated carbocycles. The first-order valence-corrected chi connectivity index (χ1v) is 27.5. The van der Waals surface area contributed by atoms with Crippen LogP contribution in [0.15, 0.2) is 72.9 Å². The number of unbranched alkanes of at least 4 members (excludes halogenated alkanes) is 27. The van der Waals surface area contributed by atoms with Crippen LogP contribution in [0.25, 0.3) is 0 Å². The monoisotopic (exact) mass is 893 g/mol. The Labute approximate surface area is 397 Å². The number of esters is 2. The second-order valence-electron chi connectivity index (χ2n) is 18.1. The SMILES string of the molecule is CC/C=C\C/C=C\C/C=C\CCCCCCCC(=O)O[C@H](COCCCCCCCCCCCCCCCCCC)COC(=O)CCC/C=C\C/C=C\C/C=C\CCCCCCCC. The molecular formula is C59H104O5. The number of carbonyl (C=O) groups is 2. The number of rotatable bonds is 50. The van der Waals surface area contributed by atoms with E-state index < -0.39 is 6.10 Å². The van der Waals surface area contributed by atoms with Crippen LogP contribution in [-0.4, -0.2) is 37.9 Å². The van der Waals surface area contributed by atoms with Gasteiger partial charge in [0.05, 0.1) is 6.61 Å². The fraction of sp³-hybridized carbons (Fsp3) is 0.763. The molecule has 64 heavy (non-hydrogen) atoms. The van der Waals surface area contributed by atoms with Gasteiger partial charge in [0.25, 0.3) is 0 Å². The zero-order valence-electron chi connectivity index (χ0n) is 42.5. The van der Waals surface area contributed by atoms with Crippen molar-refractivity contribution in [3.63, 3.8) is 0 Å². The Morgan fingerprint density at radius 1 is 0.359 bits per heavy atom. The molecular weight excluding hydrogens is 789 g/mol. The third-order valence-electron chi connectivity index (χ3n) is 11.7. The minimum atomic E-state index is -0.566. The molecule has 0 aliphatic carbocycles. The lowest BCUT2D eigenvalue weighted by Gasteiger charge is -2.18. The predicted molar refractivity (Wildman–Crippen MR) is 279 cm³/mol. The summed E-state index contributed by atoms with van der Waals surface area (Å²) >= 11 is 0. The molecule has 0 amide bonds. The van der Waals surface area contributed by atoms with Crippen molar-refractivity contribution in [2.75, 3.05) is 19.8 Å². The molecule has 0 aromatic rings. The van der Waals surface area contributed by atoms with E-state index in [1.54, 1.807) is 0 Å². The Hall–Kier alpha value is -2.66. The number of allylic oxidation sites excluding steroid dienone is 12. The molecule has 0 spiro atoms. The normalized spacial score (nSPS) is 12.7. The molecule has 5 heteroatoms. The third kappa shape index (κ3) is 52.0. The second kappa shape index (κ2) is 54.7. The maximum Gasteiger partial charge on any atom is 0.306 e. The van der Waals surface area contributed by atoms with Crippen LogP contribution >= 0.6 is 0 Å². The molecule has 5 nitrogen and oxygen atoms in total.